The Morgan fingerprint density at radius 1 is 0.944 bits per heavy atom. The number of hydrogen-bond acceptors (Lipinski definition) is 6. The van der Waals surface area contributed by atoms with E-state index in [0.717, 1.165) is 28.7 Å². The first-order chi connectivity index (χ1) is 17.2. The number of benzene rings is 3. The van der Waals surface area contributed by atoms with Crippen molar-refractivity contribution in [3.05, 3.63) is 89.8 Å². The molecule has 0 spiro atoms. The Labute approximate surface area is 211 Å². The summed E-state index contributed by atoms with van der Waals surface area (Å²) in [7, 11) is -3.35. The van der Waals surface area contributed by atoms with Crippen molar-refractivity contribution in [1.82, 2.24) is 15.0 Å². The zero-order valence-electron chi connectivity index (χ0n) is 20.6. The van der Waals surface area contributed by atoms with Gasteiger partial charge < -0.3 is 9.42 Å². The van der Waals surface area contributed by atoms with Crippen molar-refractivity contribution in [2.75, 3.05) is 12.8 Å². The Morgan fingerprint density at radius 2 is 1.69 bits per heavy atom. The van der Waals surface area contributed by atoms with E-state index in [1.54, 1.807) is 25.1 Å². The summed E-state index contributed by atoms with van der Waals surface area (Å²) in [6.45, 7) is 4.92. The van der Waals surface area contributed by atoms with Gasteiger partial charge in [-0.25, -0.2) is 8.42 Å². The monoisotopic (exact) mass is 503 g/mol. The molecule has 0 aliphatic rings. The molecular weight excluding hydrogens is 474 g/mol. The molecule has 7 nitrogen and oxygen atoms in total. The minimum Gasteiger partial charge on any atom is -0.339 e. The van der Waals surface area contributed by atoms with Gasteiger partial charge in [0.15, 0.2) is 9.84 Å². The molecule has 0 aliphatic carbocycles. The van der Waals surface area contributed by atoms with E-state index >= 15 is 0 Å². The van der Waals surface area contributed by atoms with Crippen LogP contribution in [0.4, 0.5) is 0 Å². The quantitative estimate of drug-likeness (QED) is 0.316. The number of carbonyl (C=O) groups excluding carboxylic acids is 1. The topological polar surface area (TPSA) is 93.4 Å². The largest absolute Gasteiger partial charge is 0.339 e. The summed E-state index contributed by atoms with van der Waals surface area (Å²) in [6, 6.07) is 22.3. The van der Waals surface area contributed by atoms with Gasteiger partial charge in [-0.15, -0.1) is 0 Å². The fourth-order valence-corrected chi connectivity index (χ4v) is 5.04. The van der Waals surface area contributed by atoms with Crippen LogP contribution in [0.25, 0.3) is 22.5 Å². The average molecular weight is 504 g/mol. The van der Waals surface area contributed by atoms with Crippen molar-refractivity contribution in [1.29, 1.82) is 0 Å². The normalized spacial score (nSPS) is 11.4. The third-order valence-corrected chi connectivity index (χ3v) is 6.99. The van der Waals surface area contributed by atoms with Crippen LogP contribution in [0.5, 0.6) is 0 Å². The molecule has 36 heavy (non-hydrogen) atoms. The van der Waals surface area contributed by atoms with Gasteiger partial charge in [-0.05, 0) is 35.2 Å². The van der Waals surface area contributed by atoms with Crippen molar-refractivity contribution >= 4 is 15.7 Å². The lowest BCUT2D eigenvalue weighted by Gasteiger charge is -2.23. The number of aryl methyl sites for hydroxylation is 1. The molecule has 1 amide bonds. The van der Waals surface area contributed by atoms with Gasteiger partial charge >= 0.3 is 0 Å². The molecule has 0 radical (unpaired) electrons. The van der Waals surface area contributed by atoms with Crippen LogP contribution in [0.2, 0.25) is 0 Å². The zero-order chi connectivity index (χ0) is 25.7. The Balaban J connectivity index is 1.49. The number of aromatic nitrogens is 2. The minimum absolute atomic E-state index is 0.0296. The molecule has 8 heteroatoms. The van der Waals surface area contributed by atoms with Crippen LogP contribution < -0.4 is 0 Å². The third kappa shape index (κ3) is 6.07. The summed E-state index contributed by atoms with van der Waals surface area (Å²) in [5.74, 6) is 1.06. The van der Waals surface area contributed by atoms with E-state index in [2.05, 4.69) is 10.1 Å². The predicted molar refractivity (Wildman–Crippen MR) is 139 cm³/mol. The molecular formula is C28H29N3O4S. The lowest BCUT2D eigenvalue weighted by molar-refractivity contribution is -0.131. The number of hydrogen-bond donors (Lipinski definition) is 0. The maximum Gasteiger partial charge on any atom is 0.227 e. The minimum atomic E-state index is -3.35. The van der Waals surface area contributed by atoms with Gasteiger partial charge in [-0.1, -0.05) is 72.7 Å². The van der Waals surface area contributed by atoms with E-state index in [1.165, 1.54) is 6.26 Å². The molecule has 0 aliphatic heterocycles. The summed E-state index contributed by atoms with van der Waals surface area (Å²) in [4.78, 5) is 19.6. The van der Waals surface area contributed by atoms with Gasteiger partial charge in [0.25, 0.3) is 0 Å². The van der Waals surface area contributed by atoms with Crippen LogP contribution in [-0.4, -0.2) is 42.2 Å². The highest BCUT2D eigenvalue weighted by molar-refractivity contribution is 7.90. The summed E-state index contributed by atoms with van der Waals surface area (Å²) in [6.07, 6.45) is 2.31. The fourth-order valence-electron chi connectivity index (χ4n) is 4.12. The molecule has 1 aromatic heterocycles. The van der Waals surface area contributed by atoms with E-state index in [1.807, 2.05) is 66.4 Å². The Kier molecular flexibility index (Phi) is 7.64. The van der Waals surface area contributed by atoms with Crippen molar-refractivity contribution in [2.24, 2.45) is 0 Å². The van der Waals surface area contributed by atoms with E-state index in [-0.39, 0.29) is 12.3 Å². The standard InChI is InChI=1S/C28H29N3O4S/c1-4-16-31(19-22-8-7-9-24(17-22)28-29-20(2)35-30-28)27(32)18-21-12-14-23(15-13-21)25-10-5-6-11-26(25)36(3,33)34/h5-15,17H,4,16,18-19H2,1-3H3. The Bertz CT molecular complexity index is 1460. The van der Waals surface area contributed by atoms with Crippen molar-refractivity contribution in [3.8, 4) is 22.5 Å². The second kappa shape index (κ2) is 10.9. The third-order valence-electron chi connectivity index (χ3n) is 5.84. The number of sulfone groups is 1. The van der Waals surface area contributed by atoms with Crippen LogP contribution >= 0.6 is 0 Å². The van der Waals surface area contributed by atoms with Gasteiger partial charge in [0.05, 0.1) is 11.3 Å². The van der Waals surface area contributed by atoms with Gasteiger partial charge in [-0.2, -0.15) is 4.98 Å². The Morgan fingerprint density at radius 3 is 2.36 bits per heavy atom. The molecule has 186 valence electrons. The molecule has 0 unspecified atom stereocenters. The highest BCUT2D eigenvalue weighted by Gasteiger charge is 2.17. The SMILES string of the molecule is CCCN(Cc1cccc(-c2noc(C)n2)c1)C(=O)Cc1ccc(-c2ccccc2S(C)(=O)=O)cc1. The summed E-state index contributed by atoms with van der Waals surface area (Å²) in [5, 5.41) is 3.98. The highest BCUT2D eigenvalue weighted by atomic mass is 32.2. The van der Waals surface area contributed by atoms with Gasteiger partial charge in [0, 0.05) is 37.4 Å². The smallest absolute Gasteiger partial charge is 0.227 e. The van der Waals surface area contributed by atoms with E-state index in [4.69, 9.17) is 4.52 Å². The van der Waals surface area contributed by atoms with Gasteiger partial charge in [-0.3, -0.25) is 4.79 Å². The first-order valence-corrected chi connectivity index (χ1v) is 13.7. The first-order valence-electron chi connectivity index (χ1n) is 11.8. The summed E-state index contributed by atoms with van der Waals surface area (Å²) < 4.78 is 29.4. The molecule has 0 saturated carbocycles. The van der Waals surface area contributed by atoms with Crippen LogP contribution in [0, 0.1) is 6.92 Å². The van der Waals surface area contributed by atoms with Crippen LogP contribution in [0.3, 0.4) is 0 Å². The number of amides is 1. The van der Waals surface area contributed by atoms with E-state index in [9.17, 15) is 13.2 Å². The number of nitrogens with zero attached hydrogens (tertiary/aromatic N) is 3. The molecule has 0 atom stereocenters. The van der Waals surface area contributed by atoms with Gasteiger partial charge in [0.2, 0.25) is 17.6 Å². The average Bonchev–Trinajstić information content (AvgIpc) is 3.30. The molecule has 0 N–H and O–H groups in total. The van der Waals surface area contributed by atoms with Crippen molar-refractivity contribution in [2.45, 2.75) is 38.1 Å². The van der Waals surface area contributed by atoms with E-state index < -0.39 is 9.84 Å². The summed E-state index contributed by atoms with van der Waals surface area (Å²) in [5.41, 5.74) is 4.16. The summed E-state index contributed by atoms with van der Waals surface area (Å²) >= 11 is 0. The fraction of sp³-hybridized carbons (Fsp3) is 0.250. The maximum absolute atomic E-state index is 13.2. The molecule has 1 heterocycles. The Hall–Kier alpha value is -3.78. The van der Waals surface area contributed by atoms with Crippen LogP contribution in [0.1, 0.15) is 30.4 Å². The molecule has 3 aromatic carbocycles. The number of carbonyl (C=O) groups is 1. The molecule has 0 saturated heterocycles. The maximum atomic E-state index is 13.2. The van der Waals surface area contributed by atoms with Crippen LogP contribution in [-0.2, 0) is 27.6 Å². The van der Waals surface area contributed by atoms with Crippen LogP contribution in [0.15, 0.2) is 82.2 Å². The number of rotatable bonds is 9. The van der Waals surface area contributed by atoms with Crippen molar-refractivity contribution in [3.63, 3.8) is 0 Å². The lowest BCUT2D eigenvalue weighted by atomic mass is 10.0. The second-order valence-corrected chi connectivity index (χ2v) is 10.8. The van der Waals surface area contributed by atoms with Gasteiger partial charge in [0.1, 0.15) is 0 Å². The highest BCUT2D eigenvalue weighted by Crippen LogP contribution is 2.27. The lowest BCUT2D eigenvalue weighted by Crippen LogP contribution is -2.32. The molecule has 0 bridgehead atoms. The zero-order valence-corrected chi connectivity index (χ0v) is 21.5. The second-order valence-electron chi connectivity index (χ2n) is 8.79. The van der Waals surface area contributed by atoms with E-state index in [0.29, 0.717) is 35.3 Å². The van der Waals surface area contributed by atoms with Crippen molar-refractivity contribution < 1.29 is 17.7 Å². The molecule has 0 fully saturated rings. The molecule has 4 rings (SSSR count). The first kappa shape index (κ1) is 25.3. The predicted octanol–water partition coefficient (Wildman–Crippen LogP) is 5.10. The molecule has 4 aromatic rings.